The van der Waals surface area contributed by atoms with Crippen LogP contribution in [0, 0.1) is 20.8 Å². The molecule has 1 aromatic carbocycles. The summed E-state index contributed by atoms with van der Waals surface area (Å²) in [5.74, 6) is 0. The van der Waals surface area contributed by atoms with E-state index in [1.807, 2.05) is 12.3 Å². The lowest BCUT2D eigenvalue weighted by Crippen LogP contribution is -2.42. The van der Waals surface area contributed by atoms with Crippen LogP contribution >= 0.6 is 12.2 Å². The Morgan fingerprint density at radius 1 is 1.03 bits per heavy atom. The predicted octanol–water partition coefficient (Wildman–Crippen LogP) is 4.10. The van der Waals surface area contributed by atoms with Crippen molar-refractivity contribution < 1.29 is 4.74 Å². The van der Waals surface area contributed by atoms with Crippen LogP contribution in [0.2, 0.25) is 0 Å². The number of thiocarbonyl (C=S) groups is 1. The van der Waals surface area contributed by atoms with E-state index in [-0.39, 0.29) is 12.1 Å². The summed E-state index contributed by atoms with van der Waals surface area (Å²) in [6.07, 6.45) is 1.86. The van der Waals surface area contributed by atoms with Crippen molar-refractivity contribution >= 4 is 17.3 Å². The van der Waals surface area contributed by atoms with Gasteiger partial charge in [-0.25, -0.2) is 0 Å². The van der Waals surface area contributed by atoms with Crippen LogP contribution in [0.4, 0.5) is 0 Å². The van der Waals surface area contributed by atoms with Crippen molar-refractivity contribution in [3.63, 3.8) is 0 Å². The molecule has 7 heteroatoms. The smallest absolute Gasteiger partial charge is 0.170 e. The molecular weight excluding hydrogens is 442 g/mol. The number of nitrogens with one attached hydrogen (secondary N) is 1. The molecule has 2 aliphatic heterocycles. The predicted molar refractivity (Wildman–Crippen MR) is 139 cm³/mol. The van der Waals surface area contributed by atoms with E-state index in [1.165, 1.54) is 28.2 Å². The number of rotatable bonds is 6. The lowest BCUT2D eigenvalue weighted by molar-refractivity contribution is 0.0350. The second-order valence-electron chi connectivity index (χ2n) is 9.27. The fourth-order valence-electron chi connectivity index (χ4n) is 5.31. The van der Waals surface area contributed by atoms with Crippen LogP contribution in [-0.4, -0.2) is 63.9 Å². The molecule has 34 heavy (non-hydrogen) atoms. The number of ether oxygens (including phenoxy) is 1. The van der Waals surface area contributed by atoms with E-state index in [4.69, 9.17) is 21.9 Å². The van der Waals surface area contributed by atoms with Crippen molar-refractivity contribution in [2.45, 2.75) is 32.9 Å². The number of hydrogen-bond donors (Lipinski definition) is 1. The zero-order chi connectivity index (χ0) is 23.7. The third kappa shape index (κ3) is 4.48. The summed E-state index contributed by atoms with van der Waals surface area (Å²) in [6, 6.07) is 17.2. The highest BCUT2D eigenvalue weighted by atomic mass is 32.1. The summed E-state index contributed by atoms with van der Waals surface area (Å²) in [5, 5.41) is 4.40. The molecule has 0 aliphatic carbocycles. The van der Waals surface area contributed by atoms with Crippen LogP contribution in [0.5, 0.6) is 0 Å². The molecule has 0 spiro atoms. The summed E-state index contributed by atoms with van der Waals surface area (Å²) in [7, 11) is 0. The fourth-order valence-corrected chi connectivity index (χ4v) is 5.64. The molecule has 4 heterocycles. The van der Waals surface area contributed by atoms with Crippen molar-refractivity contribution in [2.75, 3.05) is 39.4 Å². The van der Waals surface area contributed by atoms with Crippen molar-refractivity contribution in [1.82, 2.24) is 24.7 Å². The van der Waals surface area contributed by atoms with Crippen LogP contribution in [0.25, 0.3) is 5.69 Å². The van der Waals surface area contributed by atoms with E-state index >= 15 is 0 Å². The second-order valence-corrected chi connectivity index (χ2v) is 9.66. The lowest BCUT2D eigenvalue weighted by atomic mass is 9.96. The van der Waals surface area contributed by atoms with Crippen LogP contribution in [-0.2, 0) is 4.74 Å². The van der Waals surface area contributed by atoms with Crippen LogP contribution in [0.1, 0.15) is 40.3 Å². The average molecular weight is 476 g/mol. The number of nitrogens with zero attached hydrogens (tertiary/aromatic N) is 4. The van der Waals surface area contributed by atoms with Gasteiger partial charge in [0.1, 0.15) is 0 Å². The van der Waals surface area contributed by atoms with Gasteiger partial charge in [0.25, 0.3) is 0 Å². The molecule has 5 rings (SSSR count). The minimum Gasteiger partial charge on any atom is -0.379 e. The molecule has 2 atom stereocenters. The largest absolute Gasteiger partial charge is 0.379 e. The SMILES string of the molecule is Cc1cccc(-n2c(C)cc(C3C(c4ccccn4)NC(=S)N3CCN3CCOCC3)c2C)c1. The van der Waals surface area contributed by atoms with E-state index in [9.17, 15) is 0 Å². The topological polar surface area (TPSA) is 45.6 Å². The third-order valence-corrected chi connectivity index (χ3v) is 7.36. The van der Waals surface area contributed by atoms with Crippen LogP contribution < -0.4 is 5.32 Å². The Morgan fingerprint density at radius 2 is 1.85 bits per heavy atom. The van der Waals surface area contributed by atoms with E-state index in [2.05, 4.69) is 82.9 Å². The van der Waals surface area contributed by atoms with Gasteiger partial charge in [-0.05, 0) is 74.4 Å². The first-order valence-corrected chi connectivity index (χ1v) is 12.5. The number of aryl methyl sites for hydroxylation is 2. The zero-order valence-corrected chi connectivity index (χ0v) is 21.0. The molecule has 0 amide bonds. The molecule has 3 aromatic rings. The number of pyridine rings is 1. The summed E-state index contributed by atoms with van der Waals surface area (Å²) in [5.41, 5.74) is 7.24. The maximum absolute atomic E-state index is 5.89. The minimum absolute atomic E-state index is 0.00449. The van der Waals surface area contributed by atoms with Crippen molar-refractivity contribution in [1.29, 1.82) is 0 Å². The summed E-state index contributed by atoms with van der Waals surface area (Å²) >= 11 is 5.89. The van der Waals surface area contributed by atoms with E-state index in [0.29, 0.717) is 0 Å². The Labute approximate surface area is 207 Å². The monoisotopic (exact) mass is 475 g/mol. The van der Waals surface area contributed by atoms with E-state index in [1.54, 1.807) is 0 Å². The van der Waals surface area contributed by atoms with Gasteiger partial charge in [-0.1, -0.05) is 18.2 Å². The summed E-state index contributed by atoms with van der Waals surface area (Å²) in [4.78, 5) is 9.53. The molecule has 178 valence electrons. The van der Waals surface area contributed by atoms with Crippen LogP contribution in [0.15, 0.2) is 54.7 Å². The van der Waals surface area contributed by atoms with Gasteiger partial charge in [-0.2, -0.15) is 0 Å². The highest BCUT2D eigenvalue weighted by Gasteiger charge is 2.41. The molecule has 1 N–H and O–H groups in total. The van der Waals surface area contributed by atoms with Gasteiger partial charge in [-0.3, -0.25) is 9.88 Å². The second kappa shape index (κ2) is 9.86. The lowest BCUT2D eigenvalue weighted by Gasteiger charge is -2.32. The molecule has 6 nitrogen and oxygen atoms in total. The molecule has 0 radical (unpaired) electrons. The van der Waals surface area contributed by atoms with E-state index < -0.39 is 0 Å². The normalized spacial score (nSPS) is 21.1. The van der Waals surface area contributed by atoms with Gasteiger partial charge in [0, 0.05) is 49.5 Å². The Bertz CT molecular complexity index is 1160. The van der Waals surface area contributed by atoms with Crippen molar-refractivity contribution in [2.24, 2.45) is 0 Å². The van der Waals surface area contributed by atoms with Gasteiger partial charge in [-0.15, -0.1) is 0 Å². The standard InChI is InChI=1S/C27H33N5OS/c1-19-7-6-8-22(17-19)32-20(2)18-23(21(32)3)26-25(24-9-4-5-10-28-24)29-27(34)31(26)12-11-30-13-15-33-16-14-30/h4-10,17-18,25-26H,11-16H2,1-3H3,(H,29,34). The van der Waals surface area contributed by atoms with Crippen molar-refractivity contribution in [3.8, 4) is 5.69 Å². The third-order valence-electron chi connectivity index (χ3n) is 7.01. The number of hydrogen-bond acceptors (Lipinski definition) is 4. The zero-order valence-electron chi connectivity index (χ0n) is 20.2. The maximum Gasteiger partial charge on any atom is 0.170 e. The van der Waals surface area contributed by atoms with Gasteiger partial charge in [0.2, 0.25) is 0 Å². The van der Waals surface area contributed by atoms with Gasteiger partial charge in [0.15, 0.2) is 5.11 Å². The van der Waals surface area contributed by atoms with Gasteiger partial charge >= 0.3 is 0 Å². The maximum atomic E-state index is 5.89. The van der Waals surface area contributed by atoms with Gasteiger partial charge < -0.3 is 19.5 Å². The first-order valence-electron chi connectivity index (χ1n) is 12.1. The first-order chi connectivity index (χ1) is 16.5. The van der Waals surface area contributed by atoms with E-state index in [0.717, 1.165) is 50.2 Å². The highest BCUT2D eigenvalue weighted by Crippen LogP contribution is 2.41. The molecule has 2 unspecified atom stereocenters. The Kier molecular flexibility index (Phi) is 6.68. The quantitative estimate of drug-likeness (QED) is 0.542. The molecule has 2 aromatic heterocycles. The highest BCUT2D eigenvalue weighted by molar-refractivity contribution is 7.80. The molecular formula is C27H33N5OS. The number of aromatic nitrogens is 2. The molecule has 0 saturated carbocycles. The number of benzene rings is 1. The van der Waals surface area contributed by atoms with Crippen molar-refractivity contribution in [3.05, 3.63) is 82.9 Å². The fraction of sp³-hybridized carbons (Fsp3) is 0.407. The minimum atomic E-state index is 0.00449. The first kappa shape index (κ1) is 23.0. The summed E-state index contributed by atoms with van der Waals surface area (Å²) in [6.45, 7) is 12.0. The Balaban J connectivity index is 1.52. The average Bonchev–Trinajstić information content (AvgIpc) is 3.33. The molecule has 2 fully saturated rings. The summed E-state index contributed by atoms with van der Waals surface area (Å²) < 4.78 is 7.90. The van der Waals surface area contributed by atoms with Gasteiger partial charge in [0.05, 0.1) is 31.0 Å². The molecule has 0 bridgehead atoms. The molecule has 2 saturated heterocycles. The molecule has 2 aliphatic rings. The van der Waals surface area contributed by atoms with Crippen LogP contribution in [0.3, 0.4) is 0 Å². The Morgan fingerprint density at radius 3 is 2.59 bits per heavy atom. The Hall–Kier alpha value is -2.74. The number of morpholine rings is 1.